The Hall–Kier alpha value is -2.83. The highest BCUT2D eigenvalue weighted by Crippen LogP contribution is 2.34. The second-order valence-corrected chi connectivity index (χ2v) is 5.02. The molecule has 0 aliphatic carbocycles. The van der Waals surface area contributed by atoms with Gasteiger partial charge in [-0.1, -0.05) is 24.3 Å². The molecule has 4 nitrogen and oxygen atoms in total. The predicted molar refractivity (Wildman–Crippen MR) is 82.1 cm³/mol. The molecule has 0 aliphatic rings. The summed E-state index contributed by atoms with van der Waals surface area (Å²) in [6.45, 7) is 2.82. The number of ether oxygens (including phenoxy) is 1. The number of carbonyl (C=O) groups excluding carboxylic acids is 2. The zero-order chi connectivity index (χ0) is 17.9. The van der Waals surface area contributed by atoms with Gasteiger partial charge in [0.15, 0.2) is 0 Å². The van der Waals surface area contributed by atoms with E-state index in [4.69, 9.17) is 4.74 Å². The van der Waals surface area contributed by atoms with Crippen LogP contribution in [0.3, 0.4) is 0 Å². The van der Waals surface area contributed by atoms with Gasteiger partial charge in [-0.25, -0.2) is 0 Å². The molecule has 2 aromatic rings. The summed E-state index contributed by atoms with van der Waals surface area (Å²) in [5, 5.41) is 0. The molecule has 2 aromatic carbocycles. The minimum atomic E-state index is -5.05. The predicted octanol–water partition coefficient (Wildman–Crippen LogP) is 4.15. The molecule has 0 unspecified atom stereocenters. The van der Waals surface area contributed by atoms with E-state index in [0.29, 0.717) is 10.5 Å². The molecule has 1 amide bonds. The molecular weight excluding hydrogens is 323 g/mol. The Morgan fingerprint density at radius 1 is 1.00 bits per heavy atom. The first-order valence-electron chi connectivity index (χ1n) is 6.95. The van der Waals surface area contributed by atoms with Crippen molar-refractivity contribution in [3.8, 4) is 5.75 Å². The van der Waals surface area contributed by atoms with E-state index in [0.717, 1.165) is 0 Å². The second kappa shape index (κ2) is 6.74. The van der Waals surface area contributed by atoms with Crippen molar-refractivity contribution in [2.24, 2.45) is 0 Å². The molecule has 0 aromatic heterocycles. The number of hydrogen-bond donors (Lipinski definition) is 0. The molecular formula is C17H14F3NO3. The smallest absolute Gasteiger partial charge is 0.426 e. The lowest BCUT2D eigenvalue weighted by molar-refractivity contribution is -0.169. The Labute approximate surface area is 136 Å². The number of benzene rings is 2. The van der Waals surface area contributed by atoms with E-state index < -0.39 is 18.1 Å². The van der Waals surface area contributed by atoms with Crippen molar-refractivity contribution in [2.75, 3.05) is 4.90 Å². The van der Waals surface area contributed by atoms with Crippen LogP contribution in [0.15, 0.2) is 48.5 Å². The van der Waals surface area contributed by atoms with Gasteiger partial charge < -0.3 is 4.74 Å². The highest BCUT2D eigenvalue weighted by atomic mass is 19.4. The summed E-state index contributed by atoms with van der Waals surface area (Å²) in [7, 11) is 0. The molecule has 0 bridgehead atoms. The zero-order valence-electron chi connectivity index (χ0n) is 12.9. The van der Waals surface area contributed by atoms with Gasteiger partial charge in [-0.15, -0.1) is 0 Å². The van der Waals surface area contributed by atoms with Gasteiger partial charge in [0.1, 0.15) is 5.75 Å². The maximum atomic E-state index is 13.0. The Kier molecular flexibility index (Phi) is 4.92. The maximum absolute atomic E-state index is 13.0. The van der Waals surface area contributed by atoms with Crippen LogP contribution in [0.5, 0.6) is 5.75 Å². The fraction of sp³-hybridized carbons (Fsp3) is 0.176. The van der Waals surface area contributed by atoms with Crippen LogP contribution in [0, 0.1) is 6.92 Å². The van der Waals surface area contributed by atoms with Gasteiger partial charge in [-0.05, 0) is 30.7 Å². The number of esters is 1. The number of aryl methyl sites for hydroxylation is 1. The first kappa shape index (κ1) is 17.5. The van der Waals surface area contributed by atoms with Gasteiger partial charge in [0, 0.05) is 18.7 Å². The van der Waals surface area contributed by atoms with E-state index in [2.05, 4.69) is 0 Å². The Morgan fingerprint density at radius 2 is 1.62 bits per heavy atom. The number of halogens is 3. The topological polar surface area (TPSA) is 46.6 Å². The van der Waals surface area contributed by atoms with Crippen molar-refractivity contribution in [1.82, 2.24) is 0 Å². The minimum absolute atomic E-state index is 0.0506. The van der Waals surface area contributed by atoms with Crippen LogP contribution >= 0.6 is 0 Å². The maximum Gasteiger partial charge on any atom is 0.472 e. The van der Waals surface area contributed by atoms with Crippen molar-refractivity contribution >= 4 is 23.3 Å². The van der Waals surface area contributed by atoms with Crippen LogP contribution in [0.4, 0.5) is 24.5 Å². The van der Waals surface area contributed by atoms with Crippen LogP contribution in [0.1, 0.15) is 12.5 Å². The van der Waals surface area contributed by atoms with E-state index >= 15 is 0 Å². The summed E-state index contributed by atoms with van der Waals surface area (Å²) in [4.78, 5) is 23.5. The number of amides is 1. The monoisotopic (exact) mass is 337 g/mol. The molecule has 7 heteroatoms. The molecule has 2 rings (SSSR count). The van der Waals surface area contributed by atoms with E-state index in [1.807, 2.05) is 0 Å². The number of anilines is 2. The molecule has 0 heterocycles. The van der Waals surface area contributed by atoms with Crippen LogP contribution in [0.2, 0.25) is 0 Å². The normalized spacial score (nSPS) is 11.0. The molecule has 0 atom stereocenters. The zero-order valence-corrected chi connectivity index (χ0v) is 12.9. The Balaban J connectivity index is 2.56. The fourth-order valence-electron chi connectivity index (χ4n) is 2.08. The summed E-state index contributed by atoms with van der Waals surface area (Å²) in [5.74, 6) is -2.55. The molecule has 0 saturated carbocycles. The molecule has 126 valence electrons. The van der Waals surface area contributed by atoms with Gasteiger partial charge in [0.25, 0.3) is 0 Å². The van der Waals surface area contributed by atoms with Crippen LogP contribution in [-0.4, -0.2) is 18.1 Å². The number of rotatable bonds is 3. The lowest BCUT2D eigenvalue weighted by Gasteiger charge is -2.24. The molecule has 0 spiro atoms. The van der Waals surface area contributed by atoms with Crippen molar-refractivity contribution < 1.29 is 27.5 Å². The average Bonchev–Trinajstić information content (AvgIpc) is 2.50. The molecule has 0 saturated heterocycles. The van der Waals surface area contributed by atoms with Crippen LogP contribution in [0.25, 0.3) is 0 Å². The van der Waals surface area contributed by atoms with Crippen molar-refractivity contribution in [3.05, 3.63) is 54.1 Å². The van der Waals surface area contributed by atoms with E-state index in [-0.39, 0.29) is 17.1 Å². The summed E-state index contributed by atoms with van der Waals surface area (Å²) in [6.07, 6.45) is -5.05. The first-order valence-corrected chi connectivity index (χ1v) is 6.95. The molecule has 0 aliphatic heterocycles. The number of carbonyl (C=O) groups is 2. The number of nitrogens with zero attached hydrogens (tertiary/aromatic N) is 1. The molecule has 0 radical (unpaired) electrons. The van der Waals surface area contributed by atoms with Gasteiger partial charge in [-0.3, -0.25) is 14.5 Å². The van der Waals surface area contributed by atoms with Gasteiger partial charge in [-0.2, -0.15) is 13.2 Å². The van der Waals surface area contributed by atoms with Gasteiger partial charge in [0.05, 0.1) is 5.69 Å². The van der Waals surface area contributed by atoms with Crippen molar-refractivity contribution in [3.63, 3.8) is 0 Å². The Bertz CT molecular complexity index is 757. The Morgan fingerprint density at radius 3 is 2.17 bits per heavy atom. The fourth-order valence-corrected chi connectivity index (χ4v) is 2.08. The van der Waals surface area contributed by atoms with Crippen molar-refractivity contribution in [1.29, 1.82) is 0 Å². The van der Waals surface area contributed by atoms with Crippen LogP contribution < -0.4 is 9.64 Å². The SMILES string of the molecule is CC(=O)Oc1cc(N(C(=O)C(F)(F)F)c2ccccc2)ccc1C. The van der Waals surface area contributed by atoms with Crippen LogP contribution in [-0.2, 0) is 9.59 Å². The van der Waals surface area contributed by atoms with E-state index in [9.17, 15) is 22.8 Å². The number of hydrogen-bond acceptors (Lipinski definition) is 3. The summed E-state index contributed by atoms with van der Waals surface area (Å²) in [5.41, 5.74) is 0.559. The quantitative estimate of drug-likeness (QED) is 0.624. The third kappa shape index (κ3) is 3.92. The highest BCUT2D eigenvalue weighted by molar-refractivity contribution is 6.03. The highest BCUT2D eigenvalue weighted by Gasteiger charge is 2.43. The summed E-state index contributed by atoms with van der Waals surface area (Å²) in [6, 6.07) is 11.5. The van der Waals surface area contributed by atoms with E-state index in [1.54, 1.807) is 13.0 Å². The number of para-hydroxylation sites is 1. The number of alkyl halides is 3. The minimum Gasteiger partial charge on any atom is -0.426 e. The standard InChI is InChI=1S/C17H14F3NO3/c1-11-8-9-14(10-15(11)24-12(2)22)21(16(23)17(18,19)20)13-6-4-3-5-7-13/h3-10H,1-2H3. The lowest BCUT2D eigenvalue weighted by atomic mass is 10.1. The second-order valence-electron chi connectivity index (χ2n) is 5.02. The van der Waals surface area contributed by atoms with Crippen molar-refractivity contribution in [2.45, 2.75) is 20.0 Å². The first-order chi connectivity index (χ1) is 11.2. The molecule has 24 heavy (non-hydrogen) atoms. The molecule has 0 N–H and O–H groups in total. The third-order valence-corrected chi connectivity index (χ3v) is 3.14. The largest absolute Gasteiger partial charge is 0.472 e. The molecule has 0 fully saturated rings. The van der Waals surface area contributed by atoms with Gasteiger partial charge >= 0.3 is 18.1 Å². The third-order valence-electron chi connectivity index (χ3n) is 3.14. The lowest BCUT2D eigenvalue weighted by Crippen LogP contribution is -2.38. The van der Waals surface area contributed by atoms with Gasteiger partial charge in [0.2, 0.25) is 0 Å². The summed E-state index contributed by atoms with van der Waals surface area (Å²) >= 11 is 0. The van der Waals surface area contributed by atoms with E-state index in [1.165, 1.54) is 49.4 Å². The summed E-state index contributed by atoms with van der Waals surface area (Å²) < 4.78 is 43.9. The average molecular weight is 337 g/mol.